The first-order chi connectivity index (χ1) is 22.0. The average Bonchev–Trinajstić information content (AvgIpc) is 3.24. The fourth-order valence-corrected chi connectivity index (χ4v) is 4.42. The van der Waals surface area contributed by atoms with E-state index in [2.05, 4.69) is 50.8 Å². The van der Waals surface area contributed by atoms with Crippen LogP contribution in [0.1, 0.15) is 109 Å². The minimum atomic E-state index is -4.25. The third-order valence-corrected chi connectivity index (χ3v) is 7.17. The minimum absolute atomic E-state index is 0.105. The minimum Gasteiger partial charge on any atom is -0.347 e. The van der Waals surface area contributed by atoms with Crippen LogP contribution in [0.3, 0.4) is 0 Å². The van der Waals surface area contributed by atoms with Gasteiger partial charge in [0.05, 0.1) is 5.57 Å². The maximum Gasteiger partial charge on any atom is 0.416 e. The Bertz CT molecular complexity index is 1270. The van der Waals surface area contributed by atoms with Gasteiger partial charge in [0, 0.05) is 24.3 Å². The second kappa shape index (κ2) is 23.6. The van der Waals surface area contributed by atoms with Gasteiger partial charge in [-0.1, -0.05) is 95.7 Å². The standard InChI is InChI=1S/C21H33N3O.C14H19F3.C2H4O.CH2O/c1-9-18(10-2)12-11-15(3)13-22-20(25)19-16(4)17(5)24(23-19)14-21(6,7)8;1-3-5-10-13(14(15,16)17)12(7-4-2)11-8-6-9-11;1-2-3;1-2/h9,11-12H,3,10,13-14H2,1-2,4-8H3,(H,22,25);3,5,7,10-11H,4,6,8-9H2,1-2H3;2H,1H3;1H2/b12-11-,18-9-;5-3-,12-7+,13-10+;;. The van der Waals surface area contributed by atoms with Crippen molar-refractivity contribution in [1.29, 1.82) is 0 Å². The molecular weight excluding hydrogens is 603 g/mol. The van der Waals surface area contributed by atoms with Gasteiger partial charge in [0.25, 0.3) is 5.91 Å². The van der Waals surface area contributed by atoms with Crippen LogP contribution in [-0.4, -0.2) is 41.5 Å². The lowest BCUT2D eigenvalue weighted by atomic mass is 9.76. The Labute approximate surface area is 281 Å². The third kappa shape index (κ3) is 17.7. The molecule has 1 aromatic rings. The number of hydrogen-bond donors (Lipinski definition) is 1. The molecule has 1 aliphatic rings. The molecule has 47 heavy (non-hydrogen) atoms. The zero-order valence-electron chi connectivity index (χ0n) is 30.3. The second-order valence-electron chi connectivity index (χ2n) is 12.2. The number of amides is 1. The van der Waals surface area contributed by atoms with Gasteiger partial charge in [-0.25, -0.2) is 0 Å². The molecule has 0 atom stereocenters. The molecule has 0 spiro atoms. The van der Waals surface area contributed by atoms with Gasteiger partial charge in [-0.05, 0) is 82.8 Å². The van der Waals surface area contributed by atoms with Crippen molar-refractivity contribution in [1.82, 2.24) is 15.1 Å². The molecule has 1 fully saturated rings. The Morgan fingerprint density at radius 3 is 2.04 bits per heavy atom. The van der Waals surface area contributed by atoms with E-state index < -0.39 is 11.7 Å². The predicted molar refractivity (Wildman–Crippen MR) is 189 cm³/mol. The van der Waals surface area contributed by atoms with E-state index in [0.29, 0.717) is 24.2 Å². The SMILES string of the molecule is C=C(/C=C\C(=C/C)CC)CNC(=O)c1nn(CC(C)(C)C)c(C)c1C.C=O.CC=O.C\C=C/C=C(\C(=C\CC)C1CCC1)C(F)(F)F. The lowest BCUT2D eigenvalue weighted by Gasteiger charge is -2.30. The highest BCUT2D eigenvalue weighted by Gasteiger charge is 2.38. The van der Waals surface area contributed by atoms with Crippen molar-refractivity contribution in [3.8, 4) is 0 Å². The van der Waals surface area contributed by atoms with Gasteiger partial charge in [0.15, 0.2) is 5.69 Å². The Morgan fingerprint density at radius 2 is 1.64 bits per heavy atom. The molecule has 0 aliphatic heterocycles. The smallest absolute Gasteiger partial charge is 0.347 e. The predicted octanol–water partition coefficient (Wildman–Crippen LogP) is 9.95. The highest BCUT2D eigenvalue weighted by molar-refractivity contribution is 5.94. The van der Waals surface area contributed by atoms with E-state index in [1.165, 1.54) is 24.6 Å². The molecular formula is C38H58F3N3O3. The number of nitrogens with one attached hydrogen (secondary N) is 1. The summed E-state index contributed by atoms with van der Waals surface area (Å²) < 4.78 is 40.9. The summed E-state index contributed by atoms with van der Waals surface area (Å²) >= 11 is 0. The fourth-order valence-electron chi connectivity index (χ4n) is 4.42. The number of hydrogen-bond acceptors (Lipinski definition) is 4. The number of aromatic nitrogens is 2. The molecule has 0 bridgehead atoms. The molecule has 1 aliphatic carbocycles. The molecule has 0 saturated heterocycles. The van der Waals surface area contributed by atoms with Gasteiger partial charge in [-0.3, -0.25) is 9.48 Å². The average molecular weight is 662 g/mol. The molecule has 0 aromatic carbocycles. The summed E-state index contributed by atoms with van der Waals surface area (Å²) in [5.74, 6) is -0.0439. The highest BCUT2D eigenvalue weighted by atomic mass is 19.4. The van der Waals surface area contributed by atoms with Crippen molar-refractivity contribution in [2.75, 3.05) is 6.54 Å². The molecule has 1 N–H and O–H groups in total. The topological polar surface area (TPSA) is 81.1 Å². The number of allylic oxidation sites excluding steroid dienone is 9. The van der Waals surface area contributed by atoms with Gasteiger partial charge in [-0.2, -0.15) is 18.3 Å². The summed E-state index contributed by atoms with van der Waals surface area (Å²) in [5, 5.41) is 7.44. The molecule has 0 radical (unpaired) electrons. The van der Waals surface area contributed by atoms with Crippen LogP contribution in [0.25, 0.3) is 0 Å². The summed E-state index contributed by atoms with van der Waals surface area (Å²) in [6, 6.07) is 0. The van der Waals surface area contributed by atoms with Crippen LogP contribution in [0.2, 0.25) is 0 Å². The molecule has 264 valence electrons. The molecule has 6 nitrogen and oxygen atoms in total. The van der Waals surface area contributed by atoms with Gasteiger partial charge >= 0.3 is 6.18 Å². The lowest BCUT2D eigenvalue weighted by Crippen LogP contribution is -2.26. The van der Waals surface area contributed by atoms with E-state index in [1.807, 2.05) is 51.3 Å². The number of carbonyl (C=O) groups excluding carboxylic acids is 3. The van der Waals surface area contributed by atoms with Crippen molar-refractivity contribution in [2.45, 2.75) is 114 Å². The number of carbonyl (C=O) groups is 3. The van der Waals surface area contributed by atoms with Crippen molar-refractivity contribution in [2.24, 2.45) is 11.3 Å². The number of halogens is 3. The molecule has 0 unspecified atom stereocenters. The maximum absolute atomic E-state index is 13.0. The van der Waals surface area contributed by atoms with Crippen LogP contribution in [0.15, 0.2) is 71.4 Å². The van der Waals surface area contributed by atoms with E-state index in [0.717, 1.165) is 55.3 Å². The largest absolute Gasteiger partial charge is 0.416 e. The number of alkyl halides is 3. The third-order valence-electron chi connectivity index (χ3n) is 7.17. The molecule has 1 saturated carbocycles. The number of rotatable bonds is 11. The maximum atomic E-state index is 13.0. The van der Waals surface area contributed by atoms with E-state index >= 15 is 0 Å². The first-order valence-corrected chi connectivity index (χ1v) is 16.1. The van der Waals surface area contributed by atoms with E-state index in [9.17, 15) is 18.0 Å². The van der Waals surface area contributed by atoms with Crippen molar-refractivity contribution >= 4 is 19.0 Å². The summed E-state index contributed by atoms with van der Waals surface area (Å²) in [6.07, 6.45) is 13.0. The Balaban J connectivity index is 0. The van der Waals surface area contributed by atoms with Gasteiger partial charge in [0.2, 0.25) is 0 Å². The van der Waals surface area contributed by atoms with Crippen LogP contribution in [-0.2, 0) is 16.1 Å². The Hall–Kier alpha value is -3.75. The molecule has 1 amide bonds. The quantitative estimate of drug-likeness (QED) is 0.189. The van der Waals surface area contributed by atoms with Gasteiger partial charge in [-0.15, -0.1) is 0 Å². The fraction of sp³-hybridized carbons (Fsp3) is 0.526. The Kier molecular flexibility index (Phi) is 22.7. The van der Waals surface area contributed by atoms with Crippen molar-refractivity contribution in [3.05, 3.63) is 88.4 Å². The summed E-state index contributed by atoms with van der Waals surface area (Å²) in [4.78, 5) is 29.3. The highest BCUT2D eigenvalue weighted by Crippen LogP contribution is 2.42. The van der Waals surface area contributed by atoms with E-state index in [-0.39, 0.29) is 17.2 Å². The lowest BCUT2D eigenvalue weighted by molar-refractivity contribution is -0.106. The molecule has 1 aromatic heterocycles. The van der Waals surface area contributed by atoms with E-state index in [1.54, 1.807) is 19.1 Å². The summed E-state index contributed by atoms with van der Waals surface area (Å²) in [6.45, 7) is 26.8. The van der Waals surface area contributed by atoms with Crippen molar-refractivity contribution in [3.63, 3.8) is 0 Å². The zero-order chi connectivity index (χ0) is 36.8. The molecule has 2 rings (SSSR count). The Morgan fingerprint density at radius 1 is 1.06 bits per heavy atom. The summed E-state index contributed by atoms with van der Waals surface area (Å²) in [5.41, 5.74) is 4.72. The van der Waals surface area contributed by atoms with Crippen LogP contribution < -0.4 is 5.32 Å². The van der Waals surface area contributed by atoms with E-state index in [4.69, 9.17) is 9.59 Å². The molecule has 1 heterocycles. The first-order valence-electron chi connectivity index (χ1n) is 16.1. The normalized spacial score (nSPS) is 14.3. The molecule has 9 heteroatoms. The van der Waals surface area contributed by atoms with Gasteiger partial charge in [0.1, 0.15) is 13.1 Å². The van der Waals surface area contributed by atoms with Crippen LogP contribution in [0, 0.1) is 25.2 Å². The van der Waals surface area contributed by atoms with Crippen LogP contribution >= 0.6 is 0 Å². The van der Waals surface area contributed by atoms with Gasteiger partial charge < -0.3 is 14.9 Å². The van der Waals surface area contributed by atoms with Crippen molar-refractivity contribution < 1.29 is 27.6 Å². The number of aldehydes is 1. The van der Waals surface area contributed by atoms with Crippen LogP contribution in [0.5, 0.6) is 0 Å². The van der Waals surface area contributed by atoms with Crippen LogP contribution in [0.4, 0.5) is 13.2 Å². The first kappa shape index (κ1) is 45.4. The monoisotopic (exact) mass is 661 g/mol. The zero-order valence-corrected chi connectivity index (χ0v) is 30.3. The number of nitrogens with zero attached hydrogens (tertiary/aromatic N) is 2. The summed E-state index contributed by atoms with van der Waals surface area (Å²) in [7, 11) is 0. The second-order valence-corrected chi connectivity index (χ2v) is 12.2.